The number of thioether (sulfide) groups is 1. The lowest BCUT2D eigenvalue weighted by molar-refractivity contribution is -0.384. The summed E-state index contributed by atoms with van der Waals surface area (Å²) in [5, 5.41) is 11.2. The highest BCUT2D eigenvalue weighted by atomic mass is 32.2. The number of hydrogen-bond acceptors (Lipinski definition) is 5. The fraction of sp³-hybridized carbons (Fsp3) is 0.100. The number of aromatic nitrogens is 1. The maximum absolute atomic E-state index is 11.2. The minimum Gasteiger partial charge on any atom is -0.264 e. The van der Waals surface area contributed by atoms with Gasteiger partial charge in [0.05, 0.1) is 16.3 Å². The van der Waals surface area contributed by atoms with Crippen molar-refractivity contribution in [2.45, 2.75) is 16.6 Å². The number of aliphatic imine (C=N–C) groups is 1. The molecular weight excluding hydrogens is 346 g/mol. The second-order valence-corrected chi connectivity index (χ2v) is 7.18. The Labute approximate surface area is 155 Å². The molecule has 0 saturated carbocycles. The van der Waals surface area contributed by atoms with E-state index in [1.807, 2.05) is 48.7 Å². The molecule has 1 aliphatic rings. The maximum atomic E-state index is 11.2. The maximum Gasteiger partial charge on any atom is 0.269 e. The second-order valence-electron chi connectivity index (χ2n) is 5.93. The Kier molecular flexibility index (Phi) is 4.50. The average Bonchev–Trinajstić information content (AvgIpc) is 2.88. The molecule has 26 heavy (non-hydrogen) atoms. The van der Waals surface area contributed by atoms with Crippen LogP contribution in [0.4, 0.5) is 11.4 Å². The lowest BCUT2D eigenvalue weighted by atomic mass is 10.0. The Morgan fingerprint density at radius 2 is 1.96 bits per heavy atom. The molecule has 5 nitrogen and oxygen atoms in total. The van der Waals surface area contributed by atoms with Gasteiger partial charge in [0.15, 0.2) is 0 Å². The second kappa shape index (κ2) is 7.09. The first-order valence-electron chi connectivity index (χ1n) is 8.19. The number of benzene rings is 2. The summed E-state index contributed by atoms with van der Waals surface area (Å²) in [6.45, 7) is 0. The molecule has 1 aliphatic heterocycles. The Morgan fingerprint density at radius 1 is 1.08 bits per heavy atom. The zero-order valence-corrected chi connectivity index (χ0v) is 14.6. The highest BCUT2D eigenvalue weighted by Crippen LogP contribution is 2.45. The van der Waals surface area contributed by atoms with Gasteiger partial charge in [-0.25, -0.2) is 0 Å². The predicted octanol–water partition coefficient (Wildman–Crippen LogP) is 5.35. The summed E-state index contributed by atoms with van der Waals surface area (Å²) >= 11 is 1.69. The van der Waals surface area contributed by atoms with Gasteiger partial charge in [-0.2, -0.15) is 0 Å². The number of hydrogen-bond donors (Lipinski definition) is 0. The third-order valence-corrected chi connectivity index (χ3v) is 5.54. The minimum absolute atomic E-state index is 0.0394. The van der Waals surface area contributed by atoms with Gasteiger partial charge >= 0.3 is 0 Å². The van der Waals surface area contributed by atoms with E-state index in [-0.39, 0.29) is 15.9 Å². The zero-order valence-electron chi connectivity index (χ0n) is 13.8. The van der Waals surface area contributed by atoms with E-state index >= 15 is 0 Å². The van der Waals surface area contributed by atoms with Crippen molar-refractivity contribution in [3.63, 3.8) is 0 Å². The molecule has 1 atom stereocenters. The summed E-state index contributed by atoms with van der Waals surface area (Å²) < 4.78 is 0. The molecule has 4 rings (SSSR count). The monoisotopic (exact) mass is 361 g/mol. The van der Waals surface area contributed by atoms with Crippen LogP contribution in [0.5, 0.6) is 0 Å². The number of non-ortho nitro benzene ring substituents is 1. The van der Waals surface area contributed by atoms with E-state index in [1.54, 1.807) is 30.1 Å². The molecule has 0 amide bonds. The average molecular weight is 361 g/mol. The van der Waals surface area contributed by atoms with Gasteiger partial charge in [-0.3, -0.25) is 20.1 Å². The molecule has 0 radical (unpaired) electrons. The van der Waals surface area contributed by atoms with Gasteiger partial charge in [-0.05, 0) is 23.8 Å². The van der Waals surface area contributed by atoms with E-state index in [0.717, 1.165) is 27.4 Å². The van der Waals surface area contributed by atoms with E-state index < -0.39 is 0 Å². The third-order valence-electron chi connectivity index (χ3n) is 4.22. The molecule has 0 saturated heterocycles. The molecule has 6 heteroatoms. The predicted molar refractivity (Wildman–Crippen MR) is 103 cm³/mol. The van der Waals surface area contributed by atoms with Gasteiger partial charge in [0.1, 0.15) is 0 Å². The molecule has 3 aromatic rings. The molecule has 1 aromatic heterocycles. The van der Waals surface area contributed by atoms with Crippen LogP contribution in [0.2, 0.25) is 0 Å². The van der Waals surface area contributed by atoms with E-state index in [2.05, 4.69) is 4.98 Å². The SMILES string of the molecule is O=[N+]([O-])c1cccc([C@@H]2CC(c3cccnc3)=Nc3ccccc3S2)c1. The van der Waals surface area contributed by atoms with Crippen LogP contribution >= 0.6 is 11.8 Å². The number of nitro benzene ring substituents is 1. The standard InChI is InChI=1S/C20H15N3O2S/c24-23(25)16-7-3-5-14(11-16)20-12-18(15-6-4-10-21-13-15)22-17-8-1-2-9-19(17)26-20/h1-11,13,20H,12H2/t20-/m0/s1. The highest BCUT2D eigenvalue weighted by Gasteiger charge is 2.23. The molecule has 0 bridgehead atoms. The van der Waals surface area contributed by atoms with Crippen molar-refractivity contribution in [1.82, 2.24) is 4.98 Å². The molecule has 2 heterocycles. The minimum atomic E-state index is -0.352. The lowest BCUT2D eigenvalue weighted by Gasteiger charge is -2.16. The van der Waals surface area contributed by atoms with Crippen molar-refractivity contribution in [3.05, 3.63) is 94.3 Å². The molecule has 0 spiro atoms. The molecule has 0 unspecified atom stereocenters. The Hall–Kier alpha value is -2.99. The van der Waals surface area contributed by atoms with Gasteiger partial charge in [-0.15, -0.1) is 11.8 Å². The molecule has 0 fully saturated rings. The first-order valence-corrected chi connectivity index (χ1v) is 9.07. The Bertz CT molecular complexity index is 989. The van der Waals surface area contributed by atoms with Crippen molar-refractivity contribution in [2.75, 3.05) is 0 Å². The van der Waals surface area contributed by atoms with Crippen molar-refractivity contribution < 1.29 is 4.92 Å². The quantitative estimate of drug-likeness (QED) is 0.466. The van der Waals surface area contributed by atoms with Crippen LogP contribution in [-0.4, -0.2) is 15.6 Å². The van der Waals surface area contributed by atoms with Crippen LogP contribution in [0.25, 0.3) is 0 Å². The van der Waals surface area contributed by atoms with Gasteiger partial charge in [0, 0.05) is 46.7 Å². The topological polar surface area (TPSA) is 68.4 Å². The summed E-state index contributed by atoms with van der Waals surface area (Å²) in [6, 6.07) is 18.7. The van der Waals surface area contributed by atoms with Crippen molar-refractivity contribution in [1.29, 1.82) is 0 Å². The fourth-order valence-corrected chi connectivity index (χ4v) is 4.17. The Morgan fingerprint density at radius 3 is 2.77 bits per heavy atom. The smallest absolute Gasteiger partial charge is 0.264 e. The van der Waals surface area contributed by atoms with Gasteiger partial charge in [-0.1, -0.05) is 30.3 Å². The highest BCUT2D eigenvalue weighted by molar-refractivity contribution is 7.99. The third kappa shape index (κ3) is 3.36. The first-order chi connectivity index (χ1) is 12.7. The molecule has 2 aromatic carbocycles. The van der Waals surface area contributed by atoms with Crippen LogP contribution in [0.15, 0.2) is 82.9 Å². The van der Waals surface area contributed by atoms with Crippen LogP contribution in [0.3, 0.4) is 0 Å². The first kappa shape index (κ1) is 16.5. The van der Waals surface area contributed by atoms with E-state index in [9.17, 15) is 10.1 Å². The molecule has 0 aliphatic carbocycles. The van der Waals surface area contributed by atoms with Crippen LogP contribution in [0.1, 0.15) is 22.8 Å². The van der Waals surface area contributed by atoms with Crippen LogP contribution in [0, 0.1) is 10.1 Å². The van der Waals surface area contributed by atoms with E-state index in [4.69, 9.17) is 4.99 Å². The van der Waals surface area contributed by atoms with Crippen molar-refractivity contribution in [2.24, 2.45) is 4.99 Å². The summed E-state index contributed by atoms with van der Waals surface area (Å²) in [6.07, 6.45) is 4.22. The molecular formula is C20H15N3O2S. The number of pyridine rings is 1. The van der Waals surface area contributed by atoms with Gasteiger partial charge < -0.3 is 0 Å². The van der Waals surface area contributed by atoms with Gasteiger partial charge in [0.25, 0.3) is 5.69 Å². The fourth-order valence-electron chi connectivity index (χ4n) is 2.95. The largest absolute Gasteiger partial charge is 0.269 e. The number of nitrogens with zero attached hydrogens (tertiary/aromatic N) is 3. The summed E-state index contributed by atoms with van der Waals surface area (Å²) in [7, 11) is 0. The van der Waals surface area contributed by atoms with Gasteiger partial charge in [0.2, 0.25) is 0 Å². The van der Waals surface area contributed by atoms with Crippen molar-refractivity contribution >= 4 is 28.8 Å². The molecule has 128 valence electrons. The summed E-state index contributed by atoms with van der Waals surface area (Å²) in [5.74, 6) is 0. The summed E-state index contributed by atoms with van der Waals surface area (Å²) in [5.41, 5.74) is 3.87. The van der Waals surface area contributed by atoms with E-state index in [1.165, 1.54) is 6.07 Å². The molecule has 0 N–H and O–H groups in total. The van der Waals surface area contributed by atoms with Crippen molar-refractivity contribution in [3.8, 4) is 0 Å². The van der Waals surface area contributed by atoms with E-state index in [0.29, 0.717) is 6.42 Å². The lowest BCUT2D eigenvalue weighted by Crippen LogP contribution is -2.06. The van der Waals surface area contributed by atoms with Crippen LogP contribution < -0.4 is 0 Å². The number of nitro groups is 1. The number of para-hydroxylation sites is 1. The zero-order chi connectivity index (χ0) is 17.9. The normalized spacial score (nSPS) is 16.3. The Balaban J connectivity index is 1.79. The summed E-state index contributed by atoms with van der Waals surface area (Å²) in [4.78, 5) is 20.9. The number of rotatable bonds is 3. The number of fused-ring (bicyclic) bond motifs is 1. The van der Waals surface area contributed by atoms with Crippen LogP contribution in [-0.2, 0) is 0 Å².